The lowest BCUT2D eigenvalue weighted by molar-refractivity contribution is -0.143. The van der Waals surface area contributed by atoms with Crippen LogP contribution in [0.2, 0.25) is 0 Å². The molecule has 4 aliphatic rings. The Bertz CT molecular complexity index is 637. The Morgan fingerprint density at radius 2 is 2.04 bits per heavy atom. The van der Waals surface area contributed by atoms with E-state index in [1.807, 2.05) is 4.90 Å². The fourth-order valence-electron chi connectivity index (χ4n) is 4.00. The van der Waals surface area contributed by atoms with Crippen molar-refractivity contribution < 1.29 is 14.7 Å². The van der Waals surface area contributed by atoms with E-state index in [1.165, 1.54) is 5.01 Å². The highest BCUT2D eigenvalue weighted by atomic mass is 16.3. The van der Waals surface area contributed by atoms with E-state index in [2.05, 4.69) is 36.8 Å². The fourth-order valence-corrected chi connectivity index (χ4v) is 4.00. The normalized spacial score (nSPS) is 32.1. The van der Waals surface area contributed by atoms with Gasteiger partial charge in [0.2, 0.25) is 5.88 Å². The first kappa shape index (κ1) is 16.7. The van der Waals surface area contributed by atoms with Crippen LogP contribution in [0.1, 0.15) is 40.0 Å². The highest BCUT2D eigenvalue weighted by Gasteiger charge is 2.54. The zero-order chi connectivity index (χ0) is 17.9. The Balaban J connectivity index is 1.71. The first-order valence-corrected chi connectivity index (χ1v) is 9.10. The Labute approximate surface area is 147 Å². The summed E-state index contributed by atoms with van der Waals surface area (Å²) in [4.78, 5) is 27.3. The number of rotatable bonds is 3. The molecule has 0 aromatic rings. The van der Waals surface area contributed by atoms with Gasteiger partial charge in [0.15, 0.2) is 5.57 Å². The van der Waals surface area contributed by atoms with Crippen molar-refractivity contribution in [1.29, 1.82) is 0 Å². The van der Waals surface area contributed by atoms with Crippen LogP contribution in [0.5, 0.6) is 0 Å². The van der Waals surface area contributed by atoms with E-state index in [0.717, 1.165) is 25.8 Å². The molecule has 8 heteroatoms. The van der Waals surface area contributed by atoms with Crippen molar-refractivity contribution >= 4 is 11.8 Å². The number of aliphatic hydroxyl groups is 1. The van der Waals surface area contributed by atoms with Crippen LogP contribution in [-0.2, 0) is 9.59 Å². The van der Waals surface area contributed by atoms with Gasteiger partial charge in [-0.1, -0.05) is 20.8 Å². The van der Waals surface area contributed by atoms with Gasteiger partial charge in [0.25, 0.3) is 11.8 Å². The highest BCUT2D eigenvalue weighted by molar-refractivity contribution is 6.19. The van der Waals surface area contributed by atoms with Crippen molar-refractivity contribution in [3.63, 3.8) is 0 Å². The predicted molar refractivity (Wildman–Crippen MR) is 90.6 cm³/mol. The molecule has 1 aliphatic carbocycles. The lowest BCUT2D eigenvalue weighted by atomic mass is 9.92. The molecule has 0 radical (unpaired) electrons. The average molecular weight is 349 g/mol. The molecular formula is C17H27N5O3. The van der Waals surface area contributed by atoms with Crippen molar-refractivity contribution in [2.45, 2.75) is 58.4 Å². The minimum absolute atomic E-state index is 0.00457. The fraction of sp³-hybridized carbons (Fsp3) is 0.765. The van der Waals surface area contributed by atoms with Gasteiger partial charge in [-0.3, -0.25) is 9.59 Å². The quantitative estimate of drug-likeness (QED) is 0.536. The Kier molecular flexibility index (Phi) is 3.73. The van der Waals surface area contributed by atoms with E-state index >= 15 is 0 Å². The maximum absolute atomic E-state index is 12.9. The molecule has 25 heavy (non-hydrogen) atoms. The average Bonchev–Trinajstić information content (AvgIpc) is 3.06. The van der Waals surface area contributed by atoms with Gasteiger partial charge in [0, 0.05) is 18.5 Å². The van der Waals surface area contributed by atoms with Crippen molar-refractivity contribution in [3.8, 4) is 0 Å². The molecule has 3 aliphatic heterocycles. The van der Waals surface area contributed by atoms with E-state index in [-0.39, 0.29) is 41.2 Å². The molecule has 0 spiro atoms. The number of fused-ring (bicyclic) bond motifs is 3. The van der Waals surface area contributed by atoms with Crippen LogP contribution in [-0.4, -0.2) is 58.3 Å². The Morgan fingerprint density at radius 1 is 1.32 bits per heavy atom. The second-order valence-corrected chi connectivity index (χ2v) is 8.74. The van der Waals surface area contributed by atoms with E-state index in [9.17, 15) is 14.7 Å². The molecule has 8 nitrogen and oxygen atoms in total. The molecule has 0 aromatic heterocycles. The summed E-state index contributed by atoms with van der Waals surface area (Å²) >= 11 is 0. The van der Waals surface area contributed by atoms with E-state index < -0.39 is 11.8 Å². The molecule has 138 valence electrons. The number of aliphatic hydroxyl groups excluding tert-OH is 1. The summed E-state index contributed by atoms with van der Waals surface area (Å²) < 4.78 is 0. The van der Waals surface area contributed by atoms with Gasteiger partial charge in [-0.15, -0.1) is 0 Å². The van der Waals surface area contributed by atoms with Crippen LogP contribution in [0.15, 0.2) is 11.5 Å². The van der Waals surface area contributed by atoms with Gasteiger partial charge in [0.1, 0.15) is 6.17 Å². The molecule has 2 amide bonds. The summed E-state index contributed by atoms with van der Waals surface area (Å²) in [6.45, 7) is 7.68. The summed E-state index contributed by atoms with van der Waals surface area (Å²) in [7, 11) is 0. The van der Waals surface area contributed by atoms with Crippen LogP contribution in [0.25, 0.3) is 0 Å². The molecule has 0 aromatic carbocycles. The summed E-state index contributed by atoms with van der Waals surface area (Å²) in [5.74, 6) is -0.925. The van der Waals surface area contributed by atoms with Crippen molar-refractivity contribution in [2.75, 3.05) is 13.1 Å². The number of nitrogens with one attached hydrogen (secondary N) is 3. The third kappa shape index (κ3) is 2.87. The first-order chi connectivity index (χ1) is 11.8. The van der Waals surface area contributed by atoms with Gasteiger partial charge in [0.05, 0.1) is 6.17 Å². The van der Waals surface area contributed by atoms with Crippen molar-refractivity contribution in [1.82, 2.24) is 26.0 Å². The molecule has 4 N–H and O–H groups in total. The van der Waals surface area contributed by atoms with Gasteiger partial charge >= 0.3 is 0 Å². The van der Waals surface area contributed by atoms with Crippen LogP contribution in [0.3, 0.4) is 0 Å². The van der Waals surface area contributed by atoms with E-state index in [4.69, 9.17) is 0 Å². The number of amides is 2. The van der Waals surface area contributed by atoms with Gasteiger partial charge < -0.3 is 20.6 Å². The van der Waals surface area contributed by atoms with E-state index in [1.54, 1.807) is 0 Å². The maximum Gasteiger partial charge on any atom is 0.281 e. The largest absolute Gasteiger partial charge is 0.494 e. The summed E-state index contributed by atoms with van der Waals surface area (Å²) in [5.41, 5.74) is 2.95. The number of carbonyl (C=O) groups is 2. The SMILES string of the molecule is CC(C)(C)CN1C(O)=C(C(=O)NC2CC2)C(=O)N2NC3NCCC3C12. The van der Waals surface area contributed by atoms with Crippen LogP contribution in [0.4, 0.5) is 0 Å². The third-order valence-electron chi connectivity index (χ3n) is 5.23. The van der Waals surface area contributed by atoms with Gasteiger partial charge in [-0.2, -0.15) is 0 Å². The highest BCUT2D eigenvalue weighted by Crippen LogP contribution is 2.38. The maximum atomic E-state index is 12.9. The number of nitrogens with zero attached hydrogens (tertiary/aromatic N) is 2. The van der Waals surface area contributed by atoms with Gasteiger partial charge in [-0.25, -0.2) is 10.4 Å². The molecule has 0 bridgehead atoms. The summed E-state index contributed by atoms with van der Waals surface area (Å²) in [6, 6.07) is 0.127. The molecule has 1 saturated carbocycles. The molecule has 3 heterocycles. The minimum atomic E-state index is -0.478. The monoisotopic (exact) mass is 349 g/mol. The van der Waals surface area contributed by atoms with Crippen molar-refractivity contribution in [2.24, 2.45) is 11.3 Å². The molecular weight excluding hydrogens is 322 g/mol. The zero-order valence-corrected chi connectivity index (χ0v) is 15.0. The number of hydrazine groups is 1. The Hall–Kier alpha value is -1.80. The van der Waals surface area contributed by atoms with E-state index in [0.29, 0.717) is 6.54 Å². The predicted octanol–water partition coefficient (Wildman–Crippen LogP) is 0.00480. The second kappa shape index (κ2) is 5.60. The second-order valence-electron chi connectivity index (χ2n) is 8.74. The van der Waals surface area contributed by atoms with Crippen LogP contribution >= 0.6 is 0 Å². The van der Waals surface area contributed by atoms with Crippen LogP contribution in [0, 0.1) is 11.3 Å². The molecule has 4 rings (SSSR count). The van der Waals surface area contributed by atoms with Crippen molar-refractivity contribution in [3.05, 3.63) is 11.5 Å². The molecule has 2 saturated heterocycles. The lowest BCUT2D eigenvalue weighted by Crippen LogP contribution is -2.60. The smallest absolute Gasteiger partial charge is 0.281 e. The lowest BCUT2D eigenvalue weighted by Gasteiger charge is -2.44. The molecule has 3 fully saturated rings. The van der Waals surface area contributed by atoms with Gasteiger partial charge in [-0.05, 0) is 31.2 Å². The number of hydrogen-bond donors (Lipinski definition) is 4. The summed E-state index contributed by atoms with van der Waals surface area (Å²) in [6.07, 6.45) is 2.50. The topological polar surface area (TPSA) is 96.9 Å². The number of carbonyl (C=O) groups excluding carboxylic acids is 2. The Morgan fingerprint density at radius 3 is 2.68 bits per heavy atom. The minimum Gasteiger partial charge on any atom is -0.494 e. The van der Waals surface area contributed by atoms with Crippen LogP contribution < -0.4 is 16.1 Å². The summed E-state index contributed by atoms with van der Waals surface area (Å²) in [5, 5.41) is 18.6. The standard InChI is InChI=1S/C17H27N5O3/c1-17(2,3)8-21-14-10-6-7-18-12(10)20-22(14)16(25)11(15(21)24)13(23)19-9-4-5-9/h9-10,12,14,18,20,24H,4-8H2,1-3H3,(H,19,23). The molecule has 3 unspecified atom stereocenters. The number of hydrogen-bond acceptors (Lipinski definition) is 6. The third-order valence-corrected chi connectivity index (χ3v) is 5.23. The molecule has 3 atom stereocenters. The zero-order valence-electron chi connectivity index (χ0n) is 15.0. The first-order valence-electron chi connectivity index (χ1n) is 9.10.